The minimum absolute atomic E-state index is 0.0647. The number of nitrogens with one attached hydrogen (secondary N) is 1. The Kier molecular flexibility index (Phi) is 4.75. The van der Waals surface area contributed by atoms with Gasteiger partial charge >= 0.3 is 0 Å². The summed E-state index contributed by atoms with van der Waals surface area (Å²) in [6.45, 7) is 3.41. The lowest BCUT2D eigenvalue weighted by molar-refractivity contribution is 0.0955. The van der Waals surface area contributed by atoms with Gasteiger partial charge in [-0.25, -0.2) is 4.98 Å². The standard InChI is InChI=1S/C22H21N3O2/c1-2-25-14-19(18-10-6-7-11-20(18)25)21(26)23-13-12-17-15-27-22(24-17)16-8-4-3-5-9-16/h3-11,14-15H,2,12-13H2,1H3,(H,23,26). The number of carbonyl (C=O) groups excluding carboxylic acids is 1. The molecule has 4 rings (SSSR count). The SMILES string of the molecule is CCn1cc(C(=O)NCCc2coc(-c3ccccc3)n2)c2ccccc21. The van der Waals surface area contributed by atoms with Crippen LogP contribution in [0.3, 0.4) is 0 Å². The Balaban J connectivity index is 1.41. The van der Waals surface area contributed by atoms with Crippen LogP contribution in [-0.4, -0.2) is 22.0 Å². The number of oxazole rings is 1. The van der Waals surface area contributed by atoms with Crippen LogP contribution in [0.1, 0.15) is 23.0 Å². The maximum atomic E-state index is 12.6. The molecule has 0 unspecified atom stereocenters. The van der Waals surface area contributed by atoms with Crippen molar-refractivity contribution in [3.8, 4) is 11.5 Å². The number of nitrogens with zero attached hydrogens (tertiary/aromatic N) is 2. The number of carbonyl (C=O) groups is 1. The number of amides is 1. The molecule has 0 atom stereocenters. The van der Waals surface area contributed by atoms with Crippen molar-refractivity contribution in [3.63, 3.8) is 0 Å². The van der Waals surface area contributed by atoms with Crippen LogP contribution in [0.2, 0.25) is 0 Å². The first-order valence-electron chi connectivity index (χ1n) is 9.12. The number of hydrogen-bond acceptors (Lipinski definition) is 3. The minimum Gasteiger partial charge on any atom is -0.444 e. The van der Waals surface area contributed by atoms with Gasteiger partial charge in [0.05, 0.1) is 11.3 Å². The van der Waals surface area contributed by atoms with Gasteiger partial charge < -0.3 is 14.3 Å². The van der Waals surface area contributed by atoms with E-state index in [-0.39, 0.29) is 5.91 Å². The monoisotopic (exact) mass is 359 g/mol. The fourth-order valence-electron chi connectivity index (χ4n) is 3.22. The Labute approximate surface area is 157 Å². The summed E-state index contributed by atoms with van der Waals surface area (Å²) in [7, 11) is 0. The van der Waals surface area contributed by atoms with Crippen LogP contribution in [0.5, 0.6) is 0 Å². The Morgan fingerprint density at radius 2 is 1.89 bits per heavy atom. The molecule has 0 aliphatic rings. The second-order valence-electron chi connectivity index (χ2n) is 6.36. The highest BCUT2D eigenvalue weighted by atomic mass is 16.3. The largest absolute Gasteiger partial charge is 0.444 e. The van der Waals surface area contributed by atoms with E-state index in [1.54, 1.807) is 6.26 Å². The number of aryl methyl sites for hydroxylation is 1. The van der Waals surface area contributed by atoms with E-state index in [0.29, 0.717) is 24.4 Å². The van der Waals surface area contributed by atoms with Crippen molar-refractivity contribution in [1.82, 2.24) is 14.9 Å². The van der Waals surface area contributed by atoms with Crippen LogP contribution < -0.4 is 5.32 Å². The van der Waals surface area contributed by atoms with E-state index in [1.807, 2.05) is 60.8 Å². The zero-order chi connectivity index (χ0) is 18.6. The minimum atomic E-state index is -0.0647. The highest BCUT2D eigenvalue weighted by molar-refractivity contribution is 6.07. The summed E-state index contributed by atoms with van der Waals surface area (Å²) >= 11 is 0. The second kappa shape index (κ2) is 7.50. The zero-order valence-electron chi connectivity index (χ0n) is 15.2. The topological polar surface area (TPSA) is 60.1 Å². The molecule has 0 aliphatic heterocycles. The van der Waals surface area contributed by atoms with E-state index in [4.69, 9.17) is 4.42 Å². The molecule has 5 heteroatoms. The molecule has 2 aromatic heterocycles. The van der Waals surface area contributed by atoms with Crippen molar-refractivity contribution in [2.24, 2.45) is 0 Å². The normalized spacial score (nSPS) is 11.0. The van der Waals surface area contributed by atoms with Gasteiger partial charge in [0.2, 0.25) is 5.89 Å². The van der Waals surface area contributed by atoms with Crippen LogP contribution in [0.15, 0.2) is 71.5 Å². The average Bonchev–Trinajstić information content (AvgIpc) is 3.33. The van der Waals surface area contributed by atoms with Gasteiger partial charge in [-0.15, -0.1) is 0 Å². The summed E-state index contributed by atoms with van der Waals surface area (Å²) in [6.07, 6.45) is 4.19. The first-order valence-corrected chi connectivity index (χ1v) is 9.12. The quantitative estimate of drug-likeness (QED) is 0.559. The molecular weight excluding hydrogens is 338 g/mol. The Morgan fingerprint density at radius 3 is 2.70 bits per heavy atom. The van der Waals surface area contributed by atoms with Gasteiger partial charge in [0.25, 0.3) is 5.91 Å². The average molecular weight is 359 g/mol. The lowest BCUT2D eigenvalue weighted by Crippen LogP contribution is -2.25. The van der Waals surface area contributed by atoms with E-state index >= 15 is 0 Å². The first kappa shape index (κ1) is 17.1. The molecule has 1 N–H and O–H groups in total. The van der Waals surface area contributed by atoms with Crippen molar-refractivity contribution < 1.29 is 9.21 Å². The number of rotatable bonds is 6. The van der Waals surface area contributed by atoms with Gasteiger partial charge in [0.15, 0.2) is 0 Å². The number of aromatic nitrogens is 2. The van der Waals surface area contributed by atoms with Gasteiger partial charge in [-0.2, -0.15) is 0 Å². The zero-order valence-corrected chi connectivity index (χ0v) is 15.2. The molecule has 0 radical (unpaired) electrons. The van der Waals surface area contributed by atoms with Gasteiger partial charge in [-0.1, -0.05) is 36.4 Å². The molecule has 0 saturated carbocycles. The van der Waals surface area contributed by atoms with Gasteiger partial charge in [0, 0.05) is 42.2 Å². The summed E-state index contributed by atoms with van der Waals surface area (Å²) in [6, 6.07) is 17.7. The smallest absolute Gasteiger partial charge is 0.253 e. The molecule has 0 fully saturated rings. The highest BCUT2D eigenvalue weighted by Gasteiger charge is 2.14. The molecule has 2 aromatic carbocycles. The molecule has 0 spiro atoms. The van der Waals surface area contributed by atoms with Crippen molar-refractivity contribution in [2.45, 2.75) is 19.9 Å². The lowest BCUT2D eigenvalue weighted by atomic mass is 10.1. The van der Waals surface area contributed by atoms with Crippen molar-refractivity contribution in [2.75, 3.05) is 6.54 Å². The van der Waals surface area contributed by atoms with Crippen molar-refractivity contribution in [3.05, 3.63) is 78.3 Å². The van der Waals surface area contributed by atoms with E-state index in [2.05, 4.69) is 21.8 Å². The summed E-state index contributed by atoms with van der Waals surface area (Å²) in [5.41, 5.74) is 3.55. The first-order chi connectivity index (χ1) is 13.3. The summed E-state index contributed by atoms with van der Waals surface area (Å²) in [5, 5.41) is 3.97. The molecule has 27 heavy (non-hydrogen) atoms. The number of para-hydroxylation sites is 1. The summed E-state index contributed by atoms with van der Waals surface area (Å²) in [4.78, 5) is 17.1. The van der Waals surface area contributed by atoms with Crippen LogP contribution in [-0.2, 0) is 13.0 Å². The van der Waals surface area contributed by atoms with Crippen LogP contribution in [0, 0.1) is 0 Å². The molecule has 0 aliphatic carbocycles. The molecular formula is C22H21N3O2. The Hall–Kier alpha value is -3.34. The molecule has 5 nitrogen and oxygen atoms in total. The van der Waals surface area contributed by atoms with Crippen LogP contribution in [0.25, 0.3) is 22.4 Å². The Bertz CT molecular complexity index is 1060. The second-order valence-corrected chi connectivity index (χ2v) is 6.36. The summed E-state index contributed by atoms with van der Waals surface area (Å²) in [5.74, 6) is 0.535. The fraction of sp³-hybridized carbons (Fsp3) is 0.182. The predicted octanol–water partition coefficient (Wildman–Crippen LogP) is 4.29. The fourth-order valence-corrected chi connectivity index (χ4v) is 3.22. The van der Waals surface area contributed by atoms with Crippen LogP contribution in [0.4, 0.5) is 0 Å². The van der Waals surface area contributed by atoms with E-state index < -0.39 is 0 Å². The third-order valence-electron chi connectivity index (χ3n) is 4.61. The third kappa shape index (κ3) is 3.49. The maximum absolute atomic E-state index is 12.6. The highest BCUT2D eigenvalue weighted by Crippen LogP contribution is 2.21. The van der Waals surface area contributed by atoms with E-state index in [1.165, 1.54) is 0 Å². The molecule has 136 valence electrons. The maximum Gasteiger partial charge on any atom is 0.253 e. The molecule has 0 bridgehead atoms. The lowest BCUT2D eigenvalue weighted by Gasteiger charge is -2.02. The molecule has 4 aromatic rings. The molecule has 2 heterocycles. The van der Waals surface area contributed by atoms with Crippen LogP contribution >= 0.6 is 0 Å². The molecule has 0 saturated heterocycles. The van der Waals surface area contributed by atoms with E-state index in [9.17, 15) is 4.79 Å². The number of benzene rings is 2. The number of hydrogen-bond donors (Lipinski definition) is 1. The van der Waals surface area contributed by atoms with Crippen molar-refractivity contribution >= 4 is 16.8 Å². The predicted molar refractivity (Wildman–Crippen MR) is 106 cm³/mol. The third-order valence-corrected chi connectivity index (χ3v) is 4.61. The van der Waals surface area contributed by atoms with Crippen molar-refractivity contribution in [1.29, 1.82) is 0 Å². The summed E-state index contributed by atoms with van der Waals surface area (Å²) < 4.78 is 7.63. The van der Waals surface area contributed by atoms with Gasteiger partial charge in [-0.05, 0) is 25.1 Å². The Morgan fingerprint density at radius 1 is 1.11 bits per heavy atom. The number of fused-ring (bicyclic) bond motifs is 1. The molecule has 1 amide bonds. The van der Waals surface area contributed by atoms with Gasteiger partial charge in [-0.3, -0.25) is 4.79 Å². The van der Waals surface area contributed by atoms with E-state index in [0.717, 1.165) is 28.7 Å². The van der Waals surface area contributed by atoms with Gasteiger partial charge in [0.1, 0.15) is 6.26 Å².